The maximum atomic E-state index is 15.2. The lowest BCUT2D eigenvalue weighted by atomic mass is 10.0. The number of fused-ring (bicyclic) bond motifs is 1. The smallest absolute Gasteiger partial charge is 0.151 e. The molecule has 180 valence electrons. The minimum absolute atomic E-state index is 0.118. The number of benzene rings is 1. The van der Waals surface area contributed by atoms with Crippen LogP contribution in [0.3, 0.4) is 0 Å². The molecular weight excluding hydrogens is 465 g/mol. The maximum Gasteiger partial charge on any atom is 0.151 e. The highest BCUT2D eigenvalue weighted by Crippen LogP contribution is 2.38. The van der Waals surface area contributed by atoms with Crippen LogP contribution in [-0.2, 0) is 0 Å². The third-order valence-electron chi connectivity index (χ3n) is 7.15. The van der Waals surface area contributed by atoms with Crippen molar-refractivity contribution < 1.29 is 8.78 Å². The average Bonchev–Trinajstić information content (AvgIpc) is 3.56. The van der Waals surface area contributed by atoms with Gasteiger partial charge in [0, 0.05) is 23.9 Å². The molecule has 1 aromatic carbocycles. The van der Waals surface area contributed by atoms with Gasteiger partial charge in [0.25, 0.3) is 0 Å². The Kier molecular flexibility index (Phi) is 5.94. The van der Waals surface area contributed by atoms with Crippen LogP contribution in [0.2, 0.25) is 0 Å². The molecule has 3 aromatic heterocycles. The molecule has 2 aliphatic rings. The van der Waals surface area contributed by atoms with Gasteiger partial charge in [-0.1, -0.05) is 6.07 Å². The highest BCUT2D eigenvalue weighted by atomic mass is 31.0. The first-order chi connectivity index (χ1) is 17.1. The summed E-state index contributed by atoms with van der Waals surface area (Å²) in [6.45, 7) is 2.67. The molecular formula is C26H27F2N6P. The molecule has 1 unspecified atom stereocenters. The minimum Gasteiger partial charge on any atom is -0.349 e. The molecule has 35 heavy (non-hydrogen) atoms. The Morgan fingerprint density at radius 2 is 1.86 bits per heavy atom. The number of hydrogen-bond acceptors (Lipinski definition) is 5. The summed E-state index contributed by atoms with van der Waals surface area (Å²) in [5, 5.41) is 8.86. The van der Waals surface area contributed by atoms with Crippen molar-refractivity contribution in [2.45, 2.75) is 37.8 Å². The first-order valence-electron chi connectivity index (χ1n) is 12.1. The van der Waals surface area contributed by atoms with E-state index < -0.39 is 5.82 Å². The fraction of sp³-hybridized carbons (Fsp3) is 0.346. The third-order valence-corrected chi connectivity index (χ3v) is 7.51. The average molecular weight is 493 g/mol. The van der Waals surface area contributed by atoms with E-state index in [1.807, 2.05) is 29.1 Å². The maximum absolute atomic E-state index is 15.2. The Labute approximate surface area is 205 Å². The van der Waals surface area contributed by atoms with Crippen molar-refractivity contribution >= 4 is 31.4 Å². The van der Waals surface area contributed by atoms with E-state index >= 15 is 4.39 Å². The first kappa shape index (κ1) is 22.5. The molecule has 0 radical (unpaired) electrons. The van der Waals surface area contributed by atoms with Gasteiger partial charge in [0.1, 0.15) is 17.2 Å². The summed E-state index contributed by atoms with van der Waals surface area (Å²) in [5.41, 5.74) is 2.88. The zero-order valence-corrected chi connectivity index (χ0v) is 20.4. The molecule has 0 saturated carbocycles. The monoisotopic (exact) mass is 492 g/mol. The van der Waals surface area contributed by atoms with Crippen molar-refractivity contribution in [1.82, 2.24) is 25.1 Å². The fourth-order valence-corrected chi connectivity index (χ4v) is 5.66. The largest absolute Gasteiger partial charge is 0.349 e. The van der Waals surface area contributed by atoms with Gasteiger partial charge in [-0.25, -0.2) is 13.8 Å². The lowest BCUT2D eigenvalue weighted by Crippen LogP contribution is -2.29. The normalized spacial score (nSPS) is 19.1. The molecule has 2 saturated heterocycles. The minimum atomic E-state index is -0.424. The Morgan fingerprint density at radius 3 is 2.71 bits per heavy atom. The van der Waals surface area contributed by atoms with Crippen LogP contribution in [0.1, 0.15) is 43.3 Å². The third kappa shape index (κ3) is 4.19. The quantitative estimate of drug-likeness (QED) is 0.424. The van der Waals surface area contributed by atoms with Crippen LogP contribution in [0.15, 0.2) is 48.9 Å². The number of rotatable bonds is 4. The van der Waals surface area contributed by atoms with Gasteiger partial charge in [-0.2, -0.15) is 5.10 Å². The van der Waals surface area contributed by atoms with Crippen LogP contribution < -0.4 is 15.5 Å². The Hall–Kier alpha value is -2.96. The van der Waals surface area contributed by atoms with E-state index in [1.165, 1.54) is 12.3 Å². The first-order valence-corrected chi connectivity index (χ1v) is 12.7. The van der Waals surface area contributed by atoms with E-state index in [0.29, 0.717) is 39.6 Å². The predicted molar refractivity (Wildman–Crippen MR) is 137 cm³/mol. The summed E-state index contributed by atoms with van der Waals surface area (Å²) in [4.78, 5) is 11.3. The van der Waals surface area contributed by atoms with Crippen molar-refractivity contribution in [3.63, 3.8) is 0 Å². The van der Waals surface area contributed by atoms with Crippen LogP contribution in [0.4, 0.5) is 14.6 Å². The van der Waals surface area contributed by atoms with Gasteiger partial charge < -0.3 is 10.2 Å². The van der Waals surface area contributed by atoms with Crippen LogP contribution >= 0.6 is 9.24 Å². The summed E-state index contributed by atoms with van der Waals surface area (Å²) < 4.78 is 31.9. The number of nitrogens with zero attached hydrogens (tertiary/aromatic N) is 5. The van der Waals surface area contributed by atoms with Crippen molar-refractivity contribution in [2.24, 2.45) is 0 Å². The van der Waals surface area contributed by atoms with E-state index in [1.54, 1.807) is 12.3 Å². The van der Waals surface area contributed by atoms with E-state index in [9.17, 15) is 4.39 Å². The van der Waals surface area contributed by atoms with E-state index in [-0.39, 0.29) is 11.9 Å². The Morgan fingerprint density at radius 1 is 1.00 bits per heavy atom. The summed E-state index contributed by atoms with van der Waals surface area (Å²) >= 11 is 0. The van der Waals surface area contributed by atoms with E-state index in [0.717, 1.165) is 50.6 Å². The van der Waals surface area contributed by atoms with Crippen molar-refractivity contribution in [1.29, 1.82) is 0 Å². The zero-order chi connectivity index (χ0) is 23.9. The Bertz CT molecular complexity index is 1380. The van der Waals surface area contributed by atoms with Gasteiger partial charge in [0.05, 0.1) is 35.6 Å². The lowest BCUT2D eigenvalue weighted by Gasteiger charge is -2.27. The van der Waals surface area contributed by atoms with Crippen molar-refractivity contribution in [3.8, 4) is 11.1 Å². The standard InChI is InChI=1S/C26H27F2N6P/c27-20-4-3-18(35)12-19(20)23-2-1-11-33(23)24-6-5-22-26(32-24)25(21(28)14-30-22)16-13-31-34(15-16)17-7-9-29-10-8-17/h3-6,12-15,17,23,29H,1-2,7-11,35H2/t23-/m1/s1. The number of piperidine rings is 1. The summed E-state index contributed by atoms with van der Waals surface area (Å²) in [6, 6.07) is 9.10. The molecule has 5 heterocycles. The van der Waals surface area contributed by atoms with Gasteiger partial charge in [-0.3, -0.25) is 9.67 Å². The summed E-state index contributed by atoms with van der Waals surface area (Å²) in [6.07, 6.45) is 8.64. The fourth-order valence-electron chi connectivity index (χ4n) is 5.39. The molecule has 2 fully saturated rings. The number of nitrogens with one attached hydrogen (secondary N) is 1. The molecule has 2 aliphatic heterocycles. The lowest BCUT2D eigenvalue weighted by molar-refractivity contribution is 0.343. The molecule has 6 rings (SSSR count). The van der Waals surface area contributed by atoms with Crippen LogP contribution in [0.25, 0.3) is 22.2 Å². The molecule has 9 heteroatoms. The highest BCUT2D eigenvalue weighted by molar-refractivity contribution is 7.27. The van der Waals surface area contributed by atoms with E-state index in [4.69, 9.17) is 4.98 Å². The molecule has 4 aromatic rings. The zero-order valence-electron chi connectivity index (χ0n) is 19.3. The second-order valence-electron chi connectivity index (χ2n) is 9.34. The molecule has 2 atom stereocenters. The molecule has 6 nitrogen and oxygen atoms in total. The van der Waals surface area contributed by atoms with Crippen molar-refractivity contribution in [2.75, 3.05) is 24.5 Å². The van der Waals surface area contributed by atoms with E-state index in [2.05, 4.69) is 29.5 Å². The number of aromatic nitrogens is 4. The predicted octanol–water partition coefficient (Wildman–Crippen LogP) is 4.54. The molecule has 0 bridgehead atoms. The van der Waals surface area contributed by atoms with Crippen LogP contribution in [0, 0.1) is 11.6 Å². The summed E-state index contributed by atoms with van der Waals surface area (Å²) in [7, 11) is 2.64. The Balaban J connectivity index is 1.41. The molecule has 1 N–H and O–H groups in total. The number of hydrogen-bond donors (Lipinski definition) is 1. The molecule has 0 spiro atoms. The second kappa shape index (κ2) is 9.25. The van der Waals surface area contributed by atoms with Gasteiger partial charge in [0.2, 0.25) is 0 Å². The SMILES string of the molecule is Fc1ccc(P)cc1[C@H]1CCCN1c1ccc2ncc(F)c(-c3cnn(C4CCNCC4)c3)c2n1. The topological polar surface area (TPSA) is 58.9 Å². The molecule has 0 aliphatic carbocycles. The van der Waals surface area contributed by atoms with Gasteiger partial charge >= 0.3 is 0 Å². The van der Waals surface area contributed by atoms with Gasteiger partial charge in [-0.15, -0.1) is 9.24 Å². The van der Waals surface area contributed by atoms with Gasteiger partial charge in [-0.05, 0) is 68.3 Å². The second-order valence-corrected chi connectivity index (χ2v) is 10.0. The van der Waals surface area contributed by atoms with Crippen LogP contribution in [-0.4, -0.2) is 39.4 Å². The van der Waals surface area contributed by atoms with Crippen LogP contribution in [0.5, 0.6) is 0 Å². The summed E-state index contributed by atoms with van der Waals surface area (Å²) in [5.74, 6) is 0.0623. The number of anilines is 1. The number of pyridine rings is 2. The van der Waals surface area contributed by atoms with Crippen molar-refractivity contribution in [3.05, 3.63) is 66.1 Å². The van der Waals surface area contributed by atoms with Gasteiger partial charge in [0.15, 0.2) is 5.82 Å². The molecule has 0 amide bonds. The highest BCUT2D eigenvalue weighted by Gasteiger charge is 2.30. The number of halogens is 2.